The van der Waals surface area contributed by atoms with Gasteiger partial charge in [0.25, 0.3) is 0 Å². The lowest BCUT2D eigenvalue weighted by Crippen LogP contribution is -2.45. The second-order valence-corrected chi connectivity index (χ2v) is 19.2. The standard InChI is InChI=1S/C21H32O5Si2/c1-24-17-11-9-15(10-12-17)21(23,20(22)25-2)16-13-18(27(3,4)5)26-19(14-16)28(6,7)8/h9-14,16,23H,1-8H3. The number of carbonyl (C=O) groups excluding carboxylic acids is 1. The third-order valence-electron chi connectivity index (χ3n) is 4.87. The van der Waals surface area contributed by atoms with E-state index in [1.54, 1.807) is 31.4 Å². The zero-order valence-electron chi connectivity index (χ0n) is 18.1. The lowest BCUT2D eigenvalue weighted by molar-refractivity contribution is -0.166. The van der Waals surface area contributed by atoms with E-state index in [9.17, 15) is 9.90 Å². The predicted molar refractivity (Wildman–Crippen MR) is 116 cm³/mol. The van der Waals surface area contributed by atoms with Crippen LogP contribution in [0.15, 0.2) is 47.2 Å². The van der Waals surface area contributed by atoms with E-state index in [4.69, 9.17) is 14.2 Å². The van der Waals surface area contributed by atoms with Gasteiger partial charge in [-0.2, -0.15) is 0 Å². The number of esters is 1. The van der Waals surface area contributed by atoms with Crippen LogP contribution in [-0.4, -0.2) is 41.4 Å². The highest BCUT2D eigenvalue weighted by Gasteiger charge is 2.48. The predicted octanol–water partition coefficient (Wildman–Crippen LogP) is 4.22. The third kappa shape index (κ3) is 4.42. The van der Waals surface area contributed by atoms with Crippen molar-refractivity contribution in [1.82, 2.24) is 0 Å². The van der Waals surface area contributed by atoms with Gasteiger partial charge in [0.1, 0.15) is 21.9 Å². The molecule has 7 heteroatoms. The molecule has 0 aromatic heterocycles. The van der Waals surface area contributed by atoms with Gasteiger partial charge in [-0.05, 0) is 29.8 Å². The second kappa shape index (κ2) is 7.89. The van der Waals surface area contributed by atoms with Crippen LogP contribution in [0.3, 0.4) is 0 Å². The SMILES string of the molecule is COC(=O)C(O)(c1ccc(OC)cc1)C1C=C([Si](C)(C)C)OC([Si](C)(C)C)=C1. The summed E-state index contributed by atoms with van der Waals surface area (Å²) in [6, 6.07) is 6.87. The Balaban J connectivity index is 2.67. The van der Waals surface area contributed by atoms with Gasteiger partial charge in [0, 0.05) is 5.92 Å². The molecule has 1 N–H and O–H groups in total. The van der Waals surface area contributed by atoms with Crippen molar-refractivity contribution < 1.29 is 24.1 Å². The van der Waals surface area contributed by atoms with Crippen LogP contribution in [0.1, 0.15) is 5.56 Å². The first-order chi connectivity index (χ1) is 12.8. The van der Waals surface area contributed by atoms with Crippen molar-refractivity contribution in [3.8, 4) is 5.75 Å². The minimum Gasteiger partial charge on any atom is -0.497 e. The van der Waals surface area contributed by atoms with Gasteiger partial charge >= 0.3 is 5.97 Å². The summed E-state index contributed by atoms with van der Waals surface area (Å²) in [4.78, 5) is 12.8. The number of methoxy groups -OCH3 is 2. The van der Waals surface area contributed by atoms with Crippen LogP contribution in [0, 0.1) is 5.92 Å². The van der Waals surface area contributed by atoms with Crippen LogP contribution >= 0.6 is 0 Å². The van der Waals surface area contributed by atoms with Crippen LogP contribution in [0.2, 0.25) is 39.3 Å². The number of hydrogen-bond donors (Lipinski definition) is 1. The molecule has 5 nitrogen and oxygen atoms in total. The molecule has 1 unspecified atom stereocenters. The molecule has 0 bridgehead atoms. The van der Waals surface area contributed by atoms with E-state index in [2.05, 4.69) is 39.3 Å². The van der Waals surface area contributed by atoms with Gasteiger partial charge in [0.05, 0.1) is 25.0 Å². The maximum absolute atomic E-state index is 12.8. The molecule has 0 aliphatic carbocycles. The highest BCUT2D eigenvalue weighted by Crippen LogP contribution is 2.41. The minimum atomic E-state index is -1.85. The molecule has 1 heterocycles. The van der Waals surface area contributed by atoms with Gasteiger partial charge < -0.3 is 19.3 Å². The fraction of sp³-hybridized carbons (Fsp3) is 0.476. The molecular formula is C21H32O5Si2. The topological polar surface area (TPSA) is 65.0 Å². The van der Waals surface area contributed by atoms with Crippen molar-refractivity contribution in [2.24, 2.45) is 5.92 Å². The fourth-order valence-electron chi connectivity index (χ4n) is 3.06. The van der Waals surface area contributed by atoms with Gasteiger partial charge in [-0.15, -0.1) is 0 Å². The maximum Gasteiger partial charge on any atom is 0.343 e. The van der Waals surface area contributed by atoms with E-state index in [1.807, 2.05) is 12.2 Å². The molecule has 1 aliphatic rings. The molecule has 0 amide bonds. The molecule has 154 valence electrons. The Morgan fingerprint density at radius 3 is 1.79 bits per heavy atom. The Hall–Kier alpha value is -1.84. The molecule has 1 atom stereocenters. The Labute approximate surface area is 170 Å². The molecule has 1 aromatic rings. The van der Waals surface area contributed by atoms with Crippen LogP contribution < -0.4 is 4.74 Å². The molecule has 0 saturated heterocycles. The molecule has 1 aromatic carbocycles. The first-order valence-electron chi connectivity index (χ1n) is 9.41. The van der Waals surface area contributed by atoms with Crippen molar-refractivity contribution >= 4 is 22.1 Å². The number of rotatable bonds is 6. The van der Waals surface area contributed by atoms with Crippen LogP contribution in [-0.2, 0) is 19.9 Å². The van der Waals surface area contributed by atoms with Crippen molar-refractivity contribution in [2.75, 3.05) is 14.2 Å². The van der Waals surface area contributed by atoms with E-state index in [0.717, 1.165) is 10.8 Å². The normalized spacial score (nSPS) is 17.8. The van der Waals surface area contributed by atoms with Gasteiger partial charge in [0.15, 0.2) is 5.60 Å². The van der Waals surface area contributed by atoms with Crippen molar-refractivity contribution in [3.05, 3.63) is 52.7 Å². The number of carbonyl (C=O) groups is 1. The average molecular weight is 421 g/mol. The highest BCUT2D eigenvalue weighted by atomic mass is 28.3. The lowest BCUT2D eigenvalue weighted by Gasteiger charge is -2.38. The summed E-state index contributed by atoms with van der Waals surface area (Å²) in [5, 5.41) is 13.4. The molecule has 0 spiro atoms. The summed E-state index contributed by atoms with van der Waals surface area (Å²) < 4.78 is 16.5. The largest absolute Gasteiger partial charge is 0.497 e. The first-order valence-corrected chi connectivity index (χ1v) is 16.4. The molecular weight excluding hydrogens is 388 g/mol. The van der Waals surface area contributed by atoms with Crippen molar-refractivity contribution in [2.45, 2.75) is 44.9 Å². The highest BCUT2D eigenvalue weighted by molar-refractivity contribution is 6.84. The molecule has 1 aliphatic heterocycles. The summed E-state index contributed by atoms with van der Waals surface area (Å²) in [7, 11) is -0.773. The average Bonchev–Trinajstić information content (AvgIpc) is 2.65. The van der Waals surface area contributed by atoms with E-state index < -0.39 is 33.6 Å². The first kappa shape index (κ1) is 22.5. The van der Waals surface area contributed by atoms with Crippen LogP contribution in [0.5, 0.6) is 5.75 Å². The number of aliphatic hydroxyl groups is 1. The number of ether oxygens (including phenoxy) is 3. The smallest absolute Gasteiger partial charge is 0.343 e. The summed E-state index contributed by atoms with van der Waals surface area (Å²) in [5.74, 6) is -0.618. The van der Waals surface area contributed by atoms with E-state index >= 15 is 0 Å². The quantitative estimate of drug-likeness (QED) is 0.551. The summed E-state index contributed by atoms with van der Waals surface area (Å²) >= 11 is 0. The summed E-state index contributed by atoms with van der Waals surface area (Å²) in [5.41, 5.74) is -1.38. The molecule has 28 heavy (non-hydrogen) atoms. The van der Waals surface area contributed by atoms with Crippen LogP contribution in [0.4, 0.5) is 0 Å². The Kier molecular flexibility index (Phi) is 6.32. The monoisotopic (exact) mass is 420 g/mol. The zero-order chi connectivity index (χ0) is 21.3. The van der Waals surface area contributed by atoms with Crippen molar-refractivity contribution in [3.63, 3.8) is 0 Å². The number of benzene rings is 1. The van der Waals surface area contributed by atoms with Crippen molar-refractivity contribution in [1.29, 1.82) is 0 Å². The van der Waals surface area contributed by atoms with Gasteiger partial charge in [-0.3, -0.25) is 0 Å². The van der Waals surface area contributed by atoms with Gasteiger partial charge in [-0.1, -0.05) is 51.4 Å². The molecule has 0 radical (unpaired) electrons. The maximum atomic E-state index is 12.8. The Morgan fingerprint density at radius 2 is 1.43 bits per heavy atom. The van der Waals surface area contributed by atoms with E-state index in [0.29, 0.717) is 11.3 Å². The zero-order valence-corrected chi connectivity index (χ0v) is 20.1. The lowest BCUT2D eigenvalue weighted by atomic mass is 9.80. The third-order valence-corrected chi connectivity index (χ3v) is 8.36. The molecule has 0 fully saturated rings. The van der Waals surface area contributed by atoms with Gasteiger partial charge in [0.2, 0.25) is 0 Å². The number of hydrogen-bond acceptors (Lipinski definition) is 5. The molecule has 2 rings (SSSR count). The summed E-state index contributed by atoms with van der Waals surface area (Å²) in [6.07, 6.45) is 3.80. The van der Waals surface area contributed by atoms with E-state index in [1.165, 1.54) is 7.11 Å². The molecule has 0 saturated carbocycles. The van der Waals surface area contributed by atoms with Gasteiger partial charge in [-0.25, -0.2) is 4.79 Å². The van der Waals surface area contributed by atoms with E-state index in [-0.39, 0.29) is 0 Å². The summed E-state index contributed by atoms with van der Waals surface area (Å²) in [6.45, 7) is 13.1. The van der Waals surface area contributed by atoms with Crippen LogP contribution in [0.25, 0.3) is 0 Å². The minimum absolute atomic E-state index is 0.462. The Morgan fingerprint density at radius 1 is 0.964 bits per heavy atom. The second-order valence-electron chi connectivity index (χ2n) is 9.18. The Bertz CT molecular complexity index is 754. The fourth-order valence-corrected chi connectivity index (χ4v) is 5.35.